The summed E-state index contributed by atoms with van der Waals surface area (Å²) >= 11 is 20.9. The Bertz CT molecular complexity index is 2090. The molecule has 7 rings (SSSR count). The molecule has 53 heavy (non-hydrogen) atoms. The third-order valence-corrected chi connectivity index (χ3v) is 12.7. The van der Waals surface area contributed by atoms with E-state index in [1.807, 2.05) is 23.3 Å². The highest BCUT2D eigenvalue weighted by Crippen LogP contribution is 2.41. The molecule has 0 bridgehead atoms. The number of hydrogen-bond acceptors (Lipinski definition) is 10. The van der Waals surface area contributed by atoms with Gasteiger partial charge in [-0.25, -0.2) is 10.2 Å². The quantitative estimate of drug-likeness (QED) is 0.0775. The van der Waals surface area contributed by atoms with Crippen molar-refractivity contribution in [1.82, 2.24) is 19.8 Å². The number of likely N-dealkylation sites (tertiary alicyclic amines) is 1. The number of nitrogens with one attached hydrogen (secondary N) is 2. The third-order valence-electron chi connectivity index (χ3n) is 10.6. The lowest BCUT2D eigenvalue weighted by atomic mass is 9.95. The van der Waals surface area contributed by atoms with Crippen LogP contribution < -0.4 is 22.2 Å². The number of piperidine rings is 1. The normalized spacial score (nSPS) is 18.4. The minimum absolute atomic E-state index is 0.0579. The van der Waals surface area contributed by atoms with Gasteiger partial charge in [-0.15, -0.1) is 11.3 Å². The maximum absolute atomic E-state index is 15.2. The van der Waals surface area contributed by atoms with Crippen molar-refractivity contribution in [3.8, 4) is 6.07 Å². The zero-order valence-corrected chi connectivity index (χ0v) is 33.1. The average Bonchev–Trinajstić information content (AvgIpc) is 3.52. The van der Waals surface area contributed by atoms with Crippen LogP contribution in [-0.2, 0) is 17.7 Å². The predicted molar refractivity (Wildman–Crippen MR) is 212 cm³/mol. The molecule has 2 fully saturated rings. The van der Waals surface area contributed by atoms with Gasteiger partial charge in [-0.2, -0.15) is 5.26 Å². The Kier molecular flexibility index (Phi) is 11.1. The van der Waals surface area contributed by atoms with Crippen molar-refractivity contribution >= 4 is 74.1 Å². The Balaban J connectivity index is 1.25. The number of fused-ring (bicyclic) bond motifs is 2. The molecule has 1 atom stereocenters. The van der Waals surface area contributed by atoms with Crippen LogP contribution in [0.3, 0.4) is 0 Å². The second kappa shape index (κ2) is 15.5. The Morgan fingerprint density at radius 1 is 1.19 bits per heavy atom. The van der Waals surface area contributed by atoms with Crippen molar-refractivity contribution in [1.29, 1.82) is 5.26 Å². The van der Waals surface area contributed by atoms with Gasteiger partial charge in [-0.05, 0) is 80.8 Å². The van der Waals surface area contributed by atoms with E-state index in [0.717, 1.165) is 69.9 Å². The molecule has 5 heterocycles. The van der Waals surface area contributed by atoms with Gasteiger partial charge in [0, 0.05) is 59.9 Å². The van der Waals surface area contributed by atoms with Gasteiger partial charge in [-0.1, -0.05) is 34.8 Å². The van der Waals surface area contributed by atoms with Crippen LogP contribution in [-0.4, -0.2) is 70.3 Å². The number of thiophene rings is 1. The van der Waals surface area contributed by atoms with Gasteiger partial charge in [0.1, 0.15) is 17.8 Å². The average molecular weight is 800 g/mol. The first-order valence-corrected chi connectivity index (χ1v) is 19.8. The number of halogens is 4. The molecular weight excluding hydrogens is 756 g/mol. The molecule has 3 aliphatic heterocycles. The second-order valence-corrected chi connectivity index (χ2v) is 17.1. The van der Waals surface area contributed by atoms with E-state index in [9.17, 15) is 5.26 Å². The number of quaternary nitrogens is 1. The first-order valence-electron chi connectivity index (χ1n) is 17.7. The van der Waals surface area contributed by atoms with Gasteiger partial charge in [0.2, 0.25) is 0 Å². The van der Waals surface area contributed by atoms with Crippen molar-refractivity contribution in [2.45, 2.75) is 70.2 Å². The third kappa shape index (κ3) is 7.83. The highest BCUT2D eigenvalue weighted by molar-refractivity contribution is 7.10. The predicted octanol–water partition coefficient (Wildman–Crippen LogP) is 7.44. The first-order chi connectivity index (χ1) is 25.3. The summed E-state index contributed by atoms with van der Waals surface area (Å²) in [5.41, 5.74) is 9.68. The Morgan fingerprint density at radius 3 is 2.62 bits per heavy atom. The van der Waals surface area contributed by atoms with Gasteiger partial charge in [0.05, 0.1) is 63.0 Å². The molecule has 10 nitrogen and oxygen atoms in total. The summed E-state index contributed by atoms with van der Waals surface area (Å²) in [6.07, 6.45) is 6.20. The lowest BCUT2D eigenvalue weighted by Gasteiger charge is -2.42. The number of nitrogens with zero attached hydrogens (tertiary/aromatic N) is 5. The van der Waals surface area contributed by atoms with Crippen molar-refractivity contribution in [3.05, 3.63) is 90.2 Å². The molecule has 7 N–H and O–H groups in total. The van der Waals surface area contributed by atoms with Crippen molar-refractivity contribution in [3.63, 3.8) is 0 Å². The number of hydrazine groups is 1. The van der Waals surface area contributed by atoms with Crippen LogP contribution in [0.2, 0.25) is 15.1 Å². The van der Waals surface area contributed by atoms with Gasteiger partial charge >= 0.3 is 0 Å². The number of aromatic nitrogens is 1. The van der Waals surface area contributed by atoms with Gasteiger partial charge in [-0.3, -0.25) is 14.8 Å². The van der Waals surface area contributed by atoms with E-state index in [1.54, 1.807) is 11.3 Å². The maximum Gasteiger partial charge on any atom is 0.166 e. The van der Waals surface area contributed by atoms with Crippen LogP contribution >= 0.6 is 46.1 Å². The molecule has 2 saturated heterocycles. The van der Waals surface area contributed by atoms with E-state index < -0.39 is 5.82 Å². The zero-order valence-electron chi connectivity index (χ0n) is 30.0. The Morgan fingerprint density at radius 2 is 1.94 bits per heavy atom. The van der Waals surface area contributed by atoms with Gasteiger partial charge in [0.15, 0.2) is 5.82 Å². The maximum atomic E-state index is 15.2. The van der Waals surface area contributed by atoms with Crippen LogP contribution in [0.15, 0.2) is 47.7 Å². The molecule has 0 spiro atoms. The lowest BCUT2D eigenvalue weighted by Crippen LogP contribution is -2.55. The molecule has 1 unspecified atom stereocenters. The molecule has 0 radical (unpaired) electrons. The molecule has 0 amide bonds. The van der Waals surface area contributed by atoms with E-state index in [4.69, 9.17) is 45.4 Å². The number of ether oxygens (including phenoxy) is 1. The van der Waals surface area contributed by atoms with Crippen molar-refractivity contribution in [2.24, 2.45) is 5.84 Å². The number of benzene rings is 2. The minimum atomic E-state index is -0.735. The molecule has 3 aliphatic rings. The number of pyridine rings is 1. The second-order valence-electron chi connectivity index (χ2n) is 15.0. The van der Waals surface area contributed by atoms with E-state index >= 15 is 4.39 Å². The largest absolute Gasteiger partial charge is 0.378 e. The summed E-state index contributed by atoms with van der Waals surface area (Å²) < 4.78 is 20.7. The first kappa shape index (κ1) is 38.1. The number of anilines is 3. The number of nitriles is 1. The monoisotopic (exact) mass is 798 g/mol. The summed E-state index contributed by atoms with van der Waals surface area (Å²) in [5, 5.41) is 21.7. The highest BCUT2D eigenvalue weighted by Gasteiger charge is 2.34. The number of rotatable bonds is 9. The standard InChI is InChI=1S/C38H43Cl3FN9OS/c1-38(2,3)50-10-6-23(7-11-50)51(45)16-30(44)37(27-20-53-32-17-49(9-8-25(27)32)24-18-52-19-24)47-22-12-26-35(21(14-43)15-46-36(26)29(40)13-22)48-31-5-4-28(39)33(41)34(31)42/h4-5,12-13,15-16,20,23-24,37,47H,6-11,17-19,44-45H2,1-3H3,(H,46,48)/p+1. The van der Waals surface area contributed by atoms with E-state index in [-0.39, 0.29) is 38.9 Å². The molecule has 0 aliphatic carbocycles. The summed E-state index contributed by atoms with van der Waals surface area (Å²) in [5.74, 6) is 6.06. The fraction of sp³-hybridized carbons (Fsp3) is 0.421. The molecule has 4 aromatic rings. The Labute approximate surface area is 328 Å². The fourth-order valence-electron chi connectivity index (χ4n) is 7.42. The number of hydrogen-bond donors (Lipinski definition) is 4. The highest BCUT2D eigenvalue weighted by atomic mass is 35.5. The van der Waals surface area contributed by atoms with Crippen molar-refractivity contribution in [2.75, 3.05) is 43.5 Å². The summed E-state index contributed by atoms with van der Waals surface area (Å²) in [6.45, 7) is 12.1. The molecule has 280 valence electrons. The summed E-state index contributed by atoms with van der Waals surface area (Å²) in [7, 11) is 0. The van der Waals surface area contributed by atoms with E-state index in [0.29, 0.717) is 33.3 Å². The van der Waals surface area contributed by atoms with E-state index in [1.165, 1.54) is 28.8 Å². The summed E-state index contributed by atoms with van der Waals surface area (Å²) in [4.78, 5) is 10.8. The molecule has 0 saturated carbocycles. The SMILES string of the molecule is CC(C)(C)N1CCC(N(N)C=C([NH3+])C(Nc2cc(Cl)c3ncc(C#N)c(Nc4ccc(Cl)c(Cl)c4F)c3c2)c2csc3c2CCN(C2COC2)C3)CC1. The molecule has 2 aromatic carbocycles. The topological polar surface area (TPSA) is 133 Å². The minimum Gasteiger partial charge on any atom is -0.378 e. The van der Waals surface area contributed by atoms with Gasteiger partial charge in [0.25, 0.3) is 0 Å². The fourth-order valence-corrected chi connectivity index (χ4v) is 9.15. The van der Waals surface area contributed by atoms with Crippen molar-refractivity contribution < 1.29 is 14.9 Å². The summed E-state index contributed by atoms with van der Waals surface area (Å²) in [6, 6.07) is 9.11. The lowest BCUT2D eigenvalue weighted by molar-refractivity contribution is -0.310. The Hall–Kier alpha value is -3.22. The van der Waals surface area contributed by atoms with Crippen LogP contribution in [0.1, 0.15) is 61.2 Å². The van der Waals surface area contributed by atoms with Crippen LogP contribution in [0, 0.1) is 17.1 Å². The molecule has 2 aromatic heterocycles. The van der Waals surface area contributed by atoms with Crippen LogP contribution in [0.4, 0.5) is 21.5 Å². The van der Waals surface area contributed by atoms with Crippen LogP contribution in [0.5, 0.6) is 0 Å². The van der Waals surface area contributed by atoms with Gasteiger partial charge < -0.3 is 26.1 Å². The molecular formula is C38H44Cl3FN9OS+. The number of nitrogens with two attached hydrogens (primary N) is 1. The smallest absolute Gasteiger partial charge is 0.166 e. The zero-order chi connectivity index (χ0) is 37.6. The van der Waals surface area contributed by atoms with Crippen LogP contribution in [0.25, 0.3) is 10.9 Å². The van der Waals surface area contributed by atoms with E-state index in [2.05, 4.69) is 63.4 Å². The molecule has 15 heteroatoms.